The lowest BCUT2D eigenvalue weighted by atomic mass is 9.86. The molecule has 0 amide bonds. The van der Waals surface area contributed by atoms with E-state index >= 15 is 0 Å². The Labute approximate surface area is 85.0 Å². The van der Waals surface area contributed by atoms with Gasteiger partial charge >= 0.3 is 0 Å². The molecule has 78 valence electrons. The molecule has 0 aromatic carbocycles. The summed E-state index contributed by atoms with van der Waals surface area (Å²) in [5.74, 6) is 2.32. The lowest BCUT2D eigenvalue weighted by molar-refractivity contribution is 0.220. The summed E-state index contributed by atoms with van der Waals surface area (Å²) in [5.41, 5.74) is -0.601. The first-order valence-electron chi connectivity index (χ1n) is 4.91. The van der Waals surface area contributed by atoms with Gasteiger partial charge < -0.3 is 0 Å². The molecule has 0 radical (unpaired) electrons. The first-order valence-corrected chi connectivity index (χ1v) is 4.91. The summed E-state index contributed by atoms with van der Waals surface area (Å²) in [5, 5.41) is 7.62. The van der Waals surface area contributed by atoms with Gasteiger partial charge in [0.15, 0.2) is 6.17 Å². The Morgan fingerprint density at radius 3 is 2.36 bits per heavy atom. The van der Waals surface area contributed by atoms with Crippen molar-refractivity contribution in [2.24, 2.45) is 15.6 Å². The lowest BCUT2D eigenvalue weighted by Gasteiger charge is -2.21. The fraction of sp³-hybridized carbons (Fsp3) is 0.818. The van der Waals surface area contributed by atoms with E-state index in [4.69, 9.17) is 6.42 Å². The average molecular weight is 196 g/mol. The van der Waals surface area contributed by atoms with E-state index in [1.807, 2.05) is 0 Å². The van der Waals surface area contributed by atoms with E-state index in [-0.39, 0.29) is 11.8 Å². The van der Waals surface area contributed by atoms with Gasteiger partial charge in [-0.05, 0) is 18.3 Å². The van der Waals surface area contributed by atoms with Crippen molar-refractivity contribution in [1.29, 1.82) is 0 Å². The van der Waals surface area contributed by atoms with Gasteiger partial charge in [0, 0.05) is 6.42 Å². The van der Waals surface area contributed by atoms with Crippen LogP contribution in [0, 0.1) is 17.8 Å². The fourth-order valence-electron chi connectivity index (χ4n) is 1.27. The van der Waals surface area contributed by atoms with Crippen LogP contribution in [0.25, 0.3) is 0 Å². The normalized spacial score (nSPS) is 20.2. The van der Waals surface area contributed by atoms with E-state index in [9.17, 15) is 4.39 Å². The molecular formula is C11H17FN2. The molecule has 0 aromatic rings. The minimum atomic E-state index is -1.10. The smallest absolute Gasteiger partial charge is 0.222 e. The van der Waals surface area contributed by atoms with Gasteiger partial charge in [-0.1, -0.05) is 20.8 Å². The predicted molar refractivity (Wildman–Crippen MR) is 54.6 cm³/mol. The fourth-order valence-corrected chi connectivity index (χ4v) is 1.27. The molecule has 1 rings (SSSR count). The Kier molecular flexibility index (Phi) is 2.94. The molecule has 0 bridgehead atoms. The third-order valence-corrected chi connectivity index (χ3v) is 2.40. The zero-order valence-electron chi connectivity index (χ0n) is 9.05. The van der Waals surface area contributed by atoms with Gasteiger partial charge in [-0.2, -0.15) is 10.2 Å². The Hall–Kier alpha value is -0.910. The first kappa shape index (κ1) is 11.2. The highest BCUT2D eigenvalue weighted by molar-refractivity contribution is 5.05. The predicted octanol–water partition coefficient (Wildman–Crippen LogP) is 3.34. The molecule has 1 aliphatic heterocycles. The number of hydrogen-bond donors (Lipinski definition) is 0. The van der Waals surface area contributed by atoms with Gasteiger partial charge in [0.2, 0.25) is 5.66 Å². The van der Waals surface area contributed by atoms with Crippen molar-refractivity contribution in [1.82, 2.24) is 0 Å². The molecule has 1 aliphatic rings. The van der Waals surface area contributed by atoms with Crippen molar-refractivity contribution in [3.05, 3.63) is 0 Å². The molecule has 0 N–H and O–H groups in total. The molecule has 3 heteroatoms. The van der Waals surface area contributed by atoms with Crippen LogP contribution in [0.15, 0.2) is 10.2 Å². The summed E-state index contributed by atoms with van der Waals surface area (Å²) >= 11 is 0. The summed E-state index contributed by atoms with van der Waals surface area (Å²) in [6.45, 7) is 6.37. The summed E-state index contributed by atoms with van der Waals surface area (Å²) in [6, 6.07) is 0. The highest BCUT2D eigenvalue weighted by atomic mass is 19.1. The largest absolute Gasteiger partial charge is 0.241 e. The molecule has 2 nitrogen and oxygen atoms in total. The van der Waals surface area contributed by atoms with Crippen LogP contribution >= 0.6 is 0 Å². The average Bonchev–Trinajstić information content (AvgIpc) is 2.80. The third-order valence-electron chi connectivity index (χ3n) is 2.40. The van der Waals surface area contributed by atoms with Gasteiger partial charge in [-0.15, -0.1) is 12.3 Å². The van der Waals surface area contributed by atoms with Crippen molar-refractivity contribution in [2.75, 3.05) is 0 Å². The number of rotatable bonds is 4. The molecule has 0 saturated carbocycles. The SMILES string of the molecule is C#CCC(F)C1(CCC(C)(C)C)N=N1. The zero-order chi connectivity index (χ0) is 10.8. The van der Waals surface area contributed by atoms with Gasteiger partial charge in [0.05, 0.1) is 0 Å². The summed E-state index contributed by atoms with van der Waals surface area (Å²) in [4.78, 5) is 0. The van der Waals surface area contributed by atoms with Crippen LogP contribution in [0.2, 0.25) is 0 Å². The molecule has 0 saturated heterocycles. The zero-order valence-corrected chi connectivity index (χ0v) is 9.05. The maximum atomic E-state index is 13.5. The van der Waals surface area contributed by atoms with Crippen molar-refractivity contribution >= 4 is 0 Å². The van der Waals surface area contributed by atoms with E-state index in [0.29, 0.717) is 6.42 Å². The summed E-state index contributed by atoms with van der Waals surface area (Å²) in [7, 11) is 0. The minimum Gasteiger partial charge on any atom is -0.241 e. The molecule has 1 unspecified atom stereocenters. The number of nitrogens with zero attached hydrogens (tertiary/aromatic N) is 2. The van der Waals surface area contributed by atoms with Crippen LogP contribution in [-0.4, -0.2) is 11.8 Å². The number of terminal acetylenes is 1. The topological polar surface area (TPSA) is 24.7 Å². The van der Waals surface area contributed by atoms with Gasteiger partial charge in [-0.3, -0.25) is 0 Å². The number of hydrogen-bond acceptors (Lipinski definition) is 2. The lowest BCUT2D eigenvalue weighted by Crippen LogP contribution is -2.27. The Morgan fingerprint density at radius 1 is 1.43 bits per heavy atom. The highest BCUT2D eigenvalue weighted by Crippen LogP contribution is 2.42. The van der Waals surface area contributed by atoms with E-state index < -0.39 is 11.8 Å². The van der Waals surface area contributed by atoms with E-state index in [1.54, 1.807) is 0 Å². The van der Waals surface area contributed by atoms with Gasteiger partial charge in [0.1, 0.15) is 0 Å². The Bertz CT molecular complexity index is 264. The van der Waals surface area contributed by atoms with Crippen LogP contribution in [-0.2, 0) is 0 Å². The van der Waals surface area contributed by atoms with Gasteiger partial charge in [-0.25, -0.2) is 4.39 Å². The minimum absolute atomic E-state index is 0.108. The monoisotopic (exact) mass is 196 g/mol. The van der Waals surface area contributed by atoms with Crippen molar-refractivity contribution in [3.8, 4) is 12.3 Å². The van der Waals surface area contributed by atoms with E-state index in [2.05, 4.69) is 36.9 Å². The molecule has 0 spiro atoms. The van der Waals surface area contributed by atoms with Crippen molar-refractivity contribution in [3.63, 3.8) is 0 Å². The summed E-state index contributed by atoms with van der Waals surface area (Å²) in [6.07, 6.45) is 5.64. The highest BCUT2D eigenvalue weighted by Gasteiger charge is 2.48. The summed E-state index contributed by atoms with van der Waals surface area (Å²) < 4.78 is 13.5. The second kappa shape index (κ2) is 3.68. The van der Waals surface area contributed by atoms with E-state index in [1.165, 1.54) is 0 Å². The quantitative estimate of drug-likeness (QED) is 0.616. The molecule has 1 atom stereocenters. The number of alkyl halides is 1. The molecule has 0 aliphatic carbocycles. The maximum absolute atomic E-state index is 13.5. The standard InChI is InChI=1S/C11H17FN2/c1-5-6-9(12)11(13-14-11)8-7-10(2,3)4/h1,9H,6-8H2,2-4H3. The second-order valence-corrected chi connectivity index (χ2v) is 5.01. The van der Waals surface area contributed by atoms with Gasteiger partial charge in [0.25, 0.3) is 0 Å². The molecule has 14 heavy (non-hydrogen) atoms. The molecular weight excluding hydrogens is 179 g/mol. The third kappa shape index (κ3) is 2.80. The second-order valence-electron chi connectivity index (χ2n) is 5.01. The van der Waals surface area contributed by atoms with Crippen LogP contribution in [0.3, 0.4) is 0 Å². The number of halogens is 1. The molecule has 1 heterocycles. The Balaban J connectivity index is 2.40. The first-order chi connectivity index (χ1) is 6.40. The van der Waals surface area contributed by atoms with Crippen LogP contribution in [0.1, 0.15) is 40.0 Å². The molecule has 0 aromatic heterocycles. The van der Waals surface area contributed by atoms with E-state index in [0.717, 1.165) is 6.42 Å². The molecule has 0 fully saturated rings. The van der Waals surface area contributed by atoms with Crippen molar-refractivity contribution in [2.45, 2.75) is 51.9 Å². The Morgan fingerprint density at radius 2 is 2.00 bits per heavy atom. The maximum Gasteiger partial charge on any atom is 0.222 e. The van der Waals surface area contributed by atoms with Crippen LogP contribution in [0.5, 0.6) is 0 Å². The van der Waals surface area contributed by atoms with Crippen LogP contribution in [0.4, 0.5) is 4.39 Å². The van der Waals surface area contributed by atoms with Crippen molar-refractivity contribution < 1.29 is 4.39 Å². The van der Waals surface area contributed by atoms with Crippen LogP contribution < -0.4 is 0 Å².